The zero-order chi connectivity index (χ0) is 14.4. The lowest BCUT2D eigenvalue weighted by Gasteiger charge is -2.18. The SMILES string of the molecule is CCCNC(=O)C(C)Oc1cc(C)ccc1[C@@H](C)O. The van der Waals surface area contributed by atoms with Crippen molar-refractivity contribution in [3.8, 4) is 5.75 Å². The van der Waals surface area contributed by atoms with Gasteiger partial charge in [-0.05, 0) is 38.8 Å². The van der Waals surface area contributed by atoms with Crippen LogP contribution in [0.2, 0.25) is 0 Å². The molecule has 1 amide bonds. The standard InChI is InChI=1S/C15H23NO3/c1-5-8-16-15(18)12(4)19-14-9-10(2)6-7-13(14)11(3)17/h6-7,9,11-12,17H,5,8H2,1-4H3,(H,16,18)/t11-,12?/m1/s1. The van der Waals surface area contributed by atoms with Gasteiger partial charge in [0, 0.05) is 12.1 Å². The van der Waals surface area contributed by atoms with Crippen molar-refractivity contribution in [2.75, 3.05) is 6.54 Å². The number of aliphatic hydroxyl groups is 1. The summed E-state index contributed by atoms with van der Waals surface area (Å²) in [5, 5.41) is 12.5. The molecule has 1 aromatic rings. The van der Waals surface area contributed by atoms with E-state index in [1.54, 1.807) is 13.8 Å². The lowest BCUT2D eigenvalue weighted by atomic mass is 10.1. The number of carbonyl (C=O) groups is 1. The van der Waals surface area contributed by atoms with Crippen molar-refractivity contribution in [3.63, 3.8) is 0 Å². The Bertz CT molecular complexity index is 429. The third-order valence-corrected chi connectivity index (χ3v) is 2.84. The predicted octanol–water partition coefficient (Wildman–Crippen LogP) is 2.34. The van der Waals surface area contributed by atoms with Gasteiger partial charge in [0.15, 0.2) is 6.10 Å². The van der Waals surface area contributed by atoms with E-state index >= 15 is 0 Å². The first-order chi connectivity index (χ1) is 8.95. The summed E-state index contributed by atoms with van der Waals surface area (Å²) in [6, 6.07) is 5.58. The number of nitrogens with one attached hydrogen (secondary N) is 1. The number of aryl methyl sites for hydroxylation is 1. The molecule has 0 aliphatic rings. The highest BCUT2D eigenvalue weighted by molar-refractivity contribution is 5.80. The summed E-state index contributed by atoms with van der Waals surface area (Å²) < 4.78 is 5.67. The molecule has 1 aromatic carbocycles. The molecule has 1 rings (SSSR count). The Morgan fingerprint density at radius 3 is 2.68 bits per heavy atom. The van der Waals surface area contributed by atoms with Gasteiger partial charge in [-0.1, -0.05) is 19.1 Å². The molecule has 0 radical (unpaired) electrons. The van der Waals surface area contributed by atoms with Crippen molar-refractivity contribution in [3.05, 3.63) is 29.3 Å². The number of ether oxygens (including phenoxy) is 1. The fourth-order valence-corrected chi connectivity index (χ4v) is 1.72. The zero-order valence-corrected chi connectivity index (χ0v) is 12.1. The van der Waals surface area contributed by atoms with Crippen LogP contribution in [-0.4, -0.2) is 23.7 Å². The second-order valence-electron chi connectivity index (χ2n) is 4.77. The number of hydrogen-bond donors (Lipinski definition) is 2. The number of amides is 1. The Hall–Kier alpha value is -1.55. The lowest BCUT2D eigenvalue weighted by molar-refractivity contribution is -0.127. The van der Waals surface area contributed by atoms with Crippen molar-refractivity contribution >= 4 is 5.91 Å². The minimum absolute atomic E-state index is 0.139. The van der Waals surface area contributed by atoms with Crippen LogP contribution in [0.15, 0.2) is 18.2 Å². The minimum Gasteiger partial charge on any atom is -0.481 e. The van der Waals surface area contributed by atoms with Gasteiger partial charge in [0.05, 0.1) is 6.10 Å². The van der Waals surface area contributed by atoms with Gasteiger partial charge in [-0.15, -0.1) is 0 Å². The average Bonchev–Trinajstić information content (AvgIpc) is 2.35. The third-order valence-electron chi connectivity index (χ3n) is 2.84. The van der Waals surface area contributed by atoms with Gasteiger partial charge in [0.2, 0.25) is 0 Å². The van der Waals surface area contributed by atoms with E-state index in [4.69, 9.17) is 4.74 Å². The smallest absolute Gasteiger partial charge is 0.260 e. The summed E-state index contributed by atoms with van der Waals surface area (Å²) in [6.07, 6.45) is -0.311. The minimum atomic E-state index is -0.624. The molecule has 2 atom stereocenters. The van der Waals surface area contributed by atoms with E-state index in [-0.39, 0.29) is 5.91 Å². The molecule has 0 aromatic heterocycles. The summed E-state index contributed by atoms with van der Waals surface area (Å²) in [5.41, 5.74) is 1.72. The molecule has 1 unspecified atom stereocenters. The molecule has 0 aliphatic heterocycles. The topological polar surface area (TPSA) is 58.6 Å². The second-order valence-corrected chi connectivity index (χ2v) is 4.77. The largest absolute Gasteiger partial charge is 0.481 e. The summed E-state index contributed by atoms with van der Waals surface area (Å²) >= 11 is 0. The van der Waals surface area contributed by atoms with E-state index in [1.807, 2.05) is 32.0 Å². The molecule has 0 fully saturated rings. The summed E-state index contributed by atoms with van der Waals surface area (Å²) in [6.45, 7) is 7.97. The van der Waals surface area contributed by atoms with E-state index in [0.29, 0.717) is 17.9 Å². The molecular weight excluding hydrogens is 242 g/mol. The summed E-state index contributed by atoms with van der Waals surface area (Å²) in [5.74, 6) is 0.425. The molecule has 0 saturated carbocycles. The third kappa shape index (κ3) is 4.56. The molecule has 0 saturated heterocycles. The van der Waals surface area contributed by atoms with Crippen LogP contribution in [0, 0.1) is 6.92 Å². The van der Waals surface area contributed by atoms with Gasteiger partial charge in [-0.2, -0.15) is 0 Å². The summed E-state index contributed by atoms with van der Waals surface area (Å²) in [4.78, 5) is 11.8. The van der Waals surface area contributed by atoms with E-state index in [0.717, 1.165) is 12.0 Å². The first-order valence-electron chi connectivity index (χ1n) is 6.68. The van der Waals surface area contributed by atoms with Crippen molar-refractivity contribution in [2.45, 2.75) is 46.3 Å². The van der Waals surface area contributed by atoms with Crippen LogP contribution in [0.5, 0.6) is 5.75 Å². The van der Waals surface area contributed by atoms with Crippen molar-refractivity contribution in [1.82, 2.24) is 5.32 Å². The Labute approximate surface area is 114 Å². The molecule has 2 N–H and O–H groups in total. The maximum Gasteiger partial charge on any atom is 0.260 e. The normalized spacial score (nSPS) is 13.7. The highest BCUT2D eigenvalue weighted by Gasteiger charge is 2.17. The van der Waals surface area contributed by atoms with Crippen LogP contribution in [0.3, 0.4) is 0 Å². The highest BCUT2D eigenvalue weighted by atomic mass is 16.5. The van der Waals surface area contributed by atoms with Gasteiger partial charge in [0.25, 0.3) is 5.91 Å². The van der Waals surface area contributed by atoms with Gasteiger partial charge < -0.3 is 15.2 Å². The fourth-order valence-electron chi connectivity index (χ4n) is 1.72. The zero-order valence-electron chi connectivity index (χ0n) is 12.1. The van der Waals surface area contributed by atoms with Crippen molar-refractivity contribution in [2.24, 2.45) is 0 Å². The van der Waals surface area contributed by atoms with Crippen molar-refractivity contribution < 1.29 is 14.6 Å². The monoisotopic (exact) mass is 265 g/mol. The molecular formula is C15H23NO3. The van der Waals surface area contributed by atoms with E-state index < -0.39 is 12.2 Å². The fraction of sp³-hybridized carbons (Fsp3) is 0.533. The molecule has 106 valence electrons. The van der Waals surface area contributed by atoms with Crippen molar-refractivity contribution in [1.29, 1.82) is 0 Å². The maximum atomic E-state index is 11.8. The Morgan fingerprint density at radius 1 is 1.42 bits per heavy atom. The number of carbonyl (C=O) groups excluding carboxylic acids is 1. The Kier molecular flexibility index (Phi) is 5.83. The maximum absolute atomic E-state index is 11.8. The first-order valence-corrected chi connectivity index (χ1v) is 6.68. The Balaban J connectivity index is 2.80. The van der Waals surface area contributed by atoms with Gasteiger partial charge in [-0.25, -0.2) is 0 Å². The van der Waals surface area contributed by atoms with Crippen LogP contribution in [-0.2, 0) is 4.79 Å². The van der Waals surface area contributed by atoms with Gasteiger partial charge >= 0.3 is 0 Å². The van der Waals surface area contributed by atoms with Gasteiger partial charge in [0.1, 0.15) is 5.75 Å². The van der Waals surface area contributed by atoms with Crippen LogP contribution in [0.1, 0.15) is 44.4 Å². The predicted molar refractivity (Wildman–Crippen MR) is 75.2 cm³/mol. The molecule has 19 heavy (non-hydrogen) atoms. The number of rotatable bonds is 6. The van der Waals surface area contributed by atoms with Crippen LogP contribution in [0.4, 0.5) is 0 Å². The lowest BCUT2D eigenvalue weighted by Crippen LogP contribution is -2.36. The first kappa shape index (κ1) is 15.5. The highest BCUT2D eigenvalue weighted by Crippen LogP contribution is 2.27. The number of hydrogen-bond acceptors (Lipinski definition) is 3. The molecule has 0 spiro atoms. The molecule has 4 heteroatoms. The van der Waals surface area contributed by atoms with Crippen LogP contribution >= 0.6 is 0 Å². The van der Waals surface area contributed by atoms with Gasteiger partial charge in [-0.3, -0.25) is 4.79 Å². The van der Waals surface area contributed by atoms with E-state index in [2.05, 4.69) is 5.32 Å². The average molecular weight is 265 g/mol. The quantitative estimate of drug-likeness (QED) is 0.830. The van der Waals surface area contributed by atoms with E-state index in [9.17, 15) is 9.90 Å². The van der Waals surface area contributed by atoms with Crippen LogP contribution in [0.25, 0.3) is 0 Å². The van der Waals surface area contributed by atoms with Crippen LogP contribution < -0.4 is 10.1 Å². The Morgan fingerprint density at radius 2 is 2.11 bits per heavy atom. The number of benzene rings is 1. The molecule has 0 heterocycles. The summed E-state index contributed by atoms with van der Waals surface area (Å²) in [7, 11) is 0. The molecule has 4 nitrogen and oxygen atoms in total. The molecule has 0 aliphatic carbocycles. The van der Waals surface area contributed by atoms with E-state index in [1.165, 1.54) is 0 Å². The number of aliphatic hydroxyl groups excluding tert-OH is 1. The second kappa shape index (κ2) is 7.14. The molecule has 0 bridgehead atoms.